The van der Waals surface area contributed by atoms with Crippen molar-refractivity contribution in [1.82, 2.24) is 14.7 Å². The Morgan fingerprint density at radius 1 is 1.10 bits per heavy atom. The largest absolute Gasteiger partial charge is 0.342 e. The normalized spacial score (nSPS) is 16.5. The van der Waals surface area contributed by atoms with E-state index in [0.29, 0.717) is 32.2 Å². The number of carbonyl (C=O) groups is 1. The van der Waals surface area contributed by atoms with Gasteiger partial charge in [0.05, 0.1) is 27.9 Å². The SMILES string of the molecule is CC1=C(C(=O)N(C)C(C)c2ccccc2)C(c2ccc(Cl)c(Cl)c2)n2ncc(Cl)c2N1. The third kappa shape index (κ3) is 3.93. The van der Waals surface area contributed by atoms with Gasteiger partial charge in [0.25, 0.3) is 5.91 Å². The van der Waals surface area contributed by atoms with E-state index in [2.05, 4.69) is 10.4 Å². The van der Waals surface area contributed by atoms with E-state index < -0.39 is 6.04 Å². The average molecular weight is 476 g/mol. The monoisotopic (exact) mass is 474 g/mol. The van der Waals surface area contributed by atoms with Crippen LogP contribution in [0.3, 0.4) is 0 Å². The first-order valence-electron chi connectivity index (χ1n) is 9.77. The first-order valence-corrected chi connectivity index (χ1v) is 10.9. The van der Waals surface area contributed by atoms with Crippen molar-refractivity contribution in [3.63, 3.8) is 0 Å². The average Bonchev–Trinajstić information content (AvgIpc) is 3.14. The number of carbonyl (C=O) groups excluding carboxylic acids is 1. The van der Waals surface area contributed by atoms with Gasteiger partial charge in [-0.1, -0.05) is 71.2 Å². The number of likely N-dealkylation sites (N-methyl/N-ethyl adjacent to an activating group) is 1. The highest BCUT2D eigenvalue weighted by Crippen LogP contribution is 2.41. The van der Waals surface area contributed by atoms with Crippen LogP contribution in [0.15, 0.2) is 66.0 Å². The Balaban J connectivity index is 1.80. The molecule has 2 heterocycles. The van der Waals surface area contributed by atoms with E-state index in [1.807, 2.05) is 50.2 Å². The maximum absolute atomic E-state index is 13.8. The Labute approximate surface area is 196 Å². The number of benzene rings is 2. The van der Waals surface area contributed by atoms with Crippen LogP contribution in [0.1, 0.15) is 37.1 Å². The van der Waals surface area contributed by atoms with Crippen LogP contribution < -0.4 is 5.32 Å². The number of nitrogens with zero attached hydrogens (tertiary/aromatic N) is 3. The van der Waals surface area contributed by atoms with E-state index in [1.165, 1.54) is 0 Å². The number of fused-ring (bicyclic) bond motifs is 1. The number of anilines is 1. The van der Waals surface area contributed by atoms with Gasteiger partial charge in [0.15, 0.2) is 0 Å². The molecule has 8 heteroatoms. The molecule has 2 aromatic carbocycles. The Bertz CT molecular complexity index is 1170. The summed E-state index contributed by atoms with van der Waals surface area (Å²) < 4.78 is 1.71. The van der Waals surface area contributed by atoms with Crippen LogP contribution in [0.25, 0.3) is 0 Å². The molecular weight excluding hydrogens is 455 g/mol. The van der Waals surface area contributed by atoms with Crippen molar-refractivity contribution in [1.29, 1.82) is 0 Å². The summed E-state index contributed by atoms with van der Waals surface area (Å²) in [6, 6.07) is 14.6. The van der Waals surface area contributed by atoms with E-state index in [-0.39, 0.29) is 11.9 Å². The van der Waals surface area contributed by atoms with Crippen molar-refractivity contribution in [2.24, 2.45) is 0 Å². The number of nitrogens with one attached hydrogen (secondary N) is 1. The molecule has 0 aliphatic carbocycles. The summed E-state index contributed by atoms with van der Waals surface area (Å²) >= 11 is 18.8. The fourth-order valence-electron chi connectivity index (χ4n) is 3.81. The van der Waals surface area contributed by atoms with Crippen molar-refractivity contribution < 1.29 is 4.79 Å². The highest BCUT2D eigenvalue weighted by Gasteiger charge is 2.36. The van der Waals surface area contributed by atoms with E-state index in [1.54, 1.807) is 35.0 Å². The predicted octanol–water partition coefficient (Wildman–Crippen LogP) is 6.35. The molecule has 1 N–H and O–H groups in total. The summed E-state index contributed by atoms with van der Waals surface area (Å²) in [5.41, 5.74) is 3.12. The molecule has 160 valence electrons. The minimum Gasteiger partial charge on any atom is -0.342 e. The minimum absolute atomic E-state index is 0.116. The van der Waals surface area contributed by atoms with E-state index in [9.17, 15) is 4.79 Å². The molecule has 0 saturated heterocycles. The Kier molecular flexibility index (Phi) is 6.02. The highest BCUT2D eigenvalue weighted by molar-refractivity contribution is 6.42. The molecule has 2 unspecified atom stereocenters. The molecule has 1 amide bonds. The zero-order valence-corrected chi connectivity index (χ0v) is 19.5. The first-order chi connectivity index (χ1) is 14.8. The van der Waals surface area contributed by atoms with Gasteiger partial charge in [-0.15, -0.1) is 0 Å². The number of hydrogen-bond donors (Lipinski definition) is 1. The van der Waals surface area contributed by atoms with Crippen LogP contribution in [-0.2, 0) is 4.79 Å². The van der Waals surface area contributed by atoms with Crippen molar-refractivity contribution in [2.75, 3.05) is 12.4 Å². The van der Waals surface area contributed by atoms with Crippen molar-refractivity contribution >= 4 is 46.5 Å². The summed E-state index contributed by atoms with van der Waals surface area (Å²) in [4.78, 5) is 15.5. The fourth-order valence-corrected chi connectivity index (χ4v) is 4.30. The number of aromatic nitrogens is 2. The molecular formula is C23H21Cl3N4O. The quantitative estimate of drug-likeness (QED) is 0.478. The molecule has 1 aliphatic rings. The molecule has 1 aliphatic heterocycles. The molecule has 31 heavy (non-hydrogen) atoms. The summed E-state index contributed by atoms with van der Waals surface area (Å²) in [5, 5.41) is 9.01. The van der Waals surface area contributed by atoms with E-state index in [0.717, 1.165) is 11.1 Å². The lowest BCUT2D eigenvalue weighted by atomic mass is 9.93. The number of halogens is 3. The predicted molar refractivity (Wildman–Crippen MR) is 126 cm³/mol. The summed E-state index contributed by atoms with van der Waals surface area (Å²) in [7, 11) is 1.80. The van der Waals surface area contributed by atoms with Gasteiger partial charge in [0, 0.05) is 12.7 Å². The fraction of sp³-hybridized carbons (Fsp3) is 0.217. The Morgan fingerprint density at radius 3 is 2.48 bits per heavy atom. The topological polar surface area (TPSA) is 50.2 Å². The highest BCUT2D eigenvalue weighted by atomic mass is 35.5. The van der Waals surface area contributed by atoms with Crippen LogP contribution in [-0.4, -0.2) is 27.6 Å². The van der Waals surface area contributed by atoms with E-state index >= 15 is 0 Å². The second kappa shape index (κ2) is 8.58. The standard InChI is InChI=1S/C23H21Cl3N4O/c1-13-20(23(31)29(3)14(2)15-7-5-4-6-8-15)21(16-9-10-17(24)18(25)11-16)30-22(28-13)19(26)12-27-30/h4-12,14,21,28H,1-3H3. The van der Waals surface area contributed by atoms with Gasteiger partial charge in [0.2, 0.25) is 0 Å². The molecule has 0 bridgehead atoms. The van der Waals surface area contributed by atoms with Gasteiger partial charge in [-0.3, -0.25) is 4.79 Å². The number of allylic oxidation sites excluding steroid dienone is 1. The number of rotatable bonds is 4. The van der Waals surface area contributed by atoms with Gasteiger partial charge >= 0.3 is 0 Å². The minimum atomic E-state index is -0.503. The van der Waals surface area contributed by atoms with Gasteiger partial charge in [-0.2, -0.15) is 5.10 Å². The number of hydrogen-bond acceptors (Lipinski definition) is 3. The molecule has 0 spiro atoms. The molecule has 0 saturated carbocycles. The molecule has 5 nitrogen and oxygen atoms in total. The molecule has 4 rings (SSSR count). The third-order valence-corrected chi connectivity index (χ3v) is 6.67. The maximum atomic E-state index is 13.8. The summed E-state index contributed by atoms with van der Waals surface area (Å²) in [6.07, 6.45) is 1.56. The van der Waals surface area contributed by atoms with Crippen LogP contribution in [0, 0.1) is 0 Å². The number of amides is 1. The van der Waals surface area contributed by atoms with Crippen LogP contribution in [0.4, 0.5) is 5.82 Å². The van der Waals surface area contributed by atoms with Gasteiger partial charge in [-0.05, 0) is 37.1 Å². The van der Waals surface area contributed by atoms with Crippen molar-refractivity contribution in [3.05, 3.63) is 92.2 Å². The Hall–Kier alpha value is -2.47. The summed E-state index contributed by atoms with van der Waals surface area (Å²) in [6.45, 7) is 3.87. The van der Waals surface area contributed by atoms with Crippen LogP contribution in [0.2, 0.25) is 15.1 Å². The van der Waals surface area contributed by atoms with Crippen molar-refractivity contribution in [3.8, 4) is 0 Å². The lowest BCUT2D eigenvalue weighted by Crippen LogP contribution is -2.37. The second-order valence-corrected chi connectivity index (χ2v) is 8.75. The smallest absolute Gasteiger partial charge is 0.254 e. The lowest BCUT2D eigenvalue weighted by Gasteiger charge is -2.34. The molecule has 0 radical (unpaired) electrons. The van der Waals surface area contributed by atoms with Gasteiger partial charge < -0.3 is 10.2 Å². The third-order valence-electron chi connectivity index (χ3n) is 5.65. The lowest BCUT2D eigenvalue weighted by molar-refractivity contribution is -0.128. The molecule has 3 aromatic rings. The first kappa shape index (κ1) is 21.8. The second-order valence-electron chi connectivity index (χ2n) is 7.53. The summed E-state index contributed by atoms with van der Waals surface area (Å²) in [5.74, 6) is 0.514. The zero-order chi connectivity index (χ0) is 22.3. The van der Waals surface area contributed by atoms with Crippen LogP contribution in [0.5, 0.6) is 0 Å². The maximum Gasteiger partial charge on any atom is 0.254 e. The zero-order valence-electron chi connectivity index (χ0n) is 17.2. The van der Waals surface area contributed by atoms with Crippen molar-refractivity contribution in [2.45, 2.75) is 25.9 Å². The van der Waals surface area contributed by atoms with Gasteiger partial charge in [-0.25, -0.2) is 4.68 Å². The van der Waals surface area contributed by atoms with E-state index in [4.69, 9.17) is 34.8 Å². The molecule has 1 aromatic heterocycles. The molecule has 0 fully saturated rings. The van der Waals surface area contributed by atoms with Crippen LogP contribution >= 0.6 is 34.8 Å². The van der Waals surface area contributed by atoms with Gasteiger partial charge in [0.1, 0.15) is 16.9 Å². The molecule has 2 atom stereocenters. The Morgan fingerprint density at radius 2 is 1.81 bits per heavy atom.